The lowest BCUT2D eigenvalue weighted by atomic mass is 9.84. The summed E-state index contributed by atoms with van der Waals surface area (Å²) in [5.41, 5.74) is 5.73. The molecule has 2 aliphatic rings. The molecule has 120 valence electrons. The van der Waals surface area contributed by atoms with Crippen molar-refractivity contribution in [3.05, 3.63) is 0 Å². The zero-order valence-corrected chi connectivity index (χ0v) is 13.0. The second-order valence-corrected chi connectivity index (χ2v) is 5.64. The Kier molecular flexibility index (Phi) is 7.11. The van der Waals surface area contributed by atoms with Crippen molar-refractivity contribution in [2.45, 2.75) is 51.0 Å². The van der Waals surface area contributed by atoms with E-state index >= 15 is 0 Å². The van der Waals surface area contributed by atoms with Gasteiger partial charge in [0.05, 0.1) is 0 Å². The van der Waals surface area contributed by atoms with E-state index in [1.165, 1.54) is 11.3 Å². The average Bonchev–Trinajstić information content (AvgIpc) is 2.76. The number of hydrogen-bond donors (Lipinski definition) is 2. The maximum atomic E-state index is 11.9. The third-order valence-corrected chi connectivity index (χ3v) is 4.28. The van der Waals surface area contributed by atoms with Crippen molar-refractivity contribution in [1.82, 2.24) is 10.2 Å². The zero-order valence-electron chi connectivity index (χ0n) is 12.2. The number of nitrogens with one attached hydrogen (secondary N) is 1. The fourth-order valence-electron chi connectivity index (χ4n) is 3.04. The Hall–Kier alpha value is -1.14. The van der Waals surface area contributed by atoms with Crippen molar-refractivity contribution < 1.29 is 14.4 Å². The van der Waals surface area contributed by atoms with E-state index in [2.05, 4.69) is 5.32 Å². The Bertz CT molecular complexity index is 387. The lowest BCUT2D eigenvalue weighted by molar-refractivity contribution is -0.138. The first-order chi connectivity index (χ1) is 9.61. The molecular formula is C14H24ClN3O3. The van der Waals surface area contributed by atoms with Crippen LogP contribution in [0.25, 0.3) is 0 Å². The van der Waals surface area contributed by atoms with Gasteiger partial charge in [0.15, 0.2) is 0 Å². The second-order valence-electron chi connectivity index (χ2n) is 5.64. The van der Waals surface area contributed by atoms with Crippen molar-refractivity contribution in [3.63, 3.8) is 0 Å². The van der Waals surface area contributed by atoms with Gasteiger partial charge in [-0.15, -0.1) is 12.4 Å². The summed E-state index contributed by atoms with van der Waals surface area (Å²) in [6.45, 7) is 0.789. The molecule has 3 N–H and O–H groups in total. The quantitative estimate of drug-likeness (QED) is 0.725. The Balaban J connectivity index is 0.00000220. The second kappa shape index (κ2) is 8.34. The third kappa shape index (κ3) is 4.68. The molecule has 2 fully saturated rings. The van der Waals surface area contributed by atoms with E-state index in [0.717, 1.165) is 19.3 Å². The topological polar surface area (TPSA) is 92.5 Å². The molecule has 0 aromatic rings. The zero-order chi connectivity index (χ0) is 14.5. The molecule has 6 nitrogen and oxygen atoms in total. The molecule has 1 aliphatic heterocycles. The van der Waals surface area contributed by atoms with Gasteiger partial charge in [0.1, 0.15) is 0 Å². The first-order valence-electron chi connectivity index (χ1n) is 7.44. The predicted molar refractivity (Wildman–Crippen MR) is 80.8 cm³/mol. The fraction of sp³-hybridized carbons (Fsp3) is 0.786. The van der Waals surface area contributed by atoms with E-state index in [9.17, 15) is 14.4 Å². The van der Waals surface area contributed by atoms with Gasteiger partial charge in [-0.2, -0.15) is 0 Å². The highest BCUT2D eigenvalue weighted by Gasteiger charge is 2.30. The predicted octanol–water partition coefficient (Wildman–Crippen LogP) is 0.581. The van der Waals surface area contributed by atoms with E-state index in [1.807, 2.05) is 0 Å². The van der Waals surface area contributed by atoms with Crippen LogP contribution in [0, 0.1) is 5.92 Å². The fourth-order valence-corrected chi connectivity index (χ4v) is 3.04. The molecule has 1 saturated heterocycles. The highest BCUT2D eigenvalue weighted by atomic mass is 35.5. The maximum Gasteiger partial charge on any atom is 0.229 e. The highest BCUT2D eigenvalue weighted by molar-refractivity contribution is 6.02. The van der Waals surface area contributed by atoms with Gasteiger partial charge in [0.25, 0.3) is 0 Å². The van der Waals surface area contributed by atoms with E-state index in [0.29, 0.717) is 12.5 Å². The molecule has 0 aromatic heterocycles. The number of likely N-dealkylation sites (tertiary alicyclic amines) is 1. The molecule has 0 spiro atoms. The van der Waals surface area contributed by atoms with Crippen molar-refractivity contribution in [2.24, 2.45) is 11.7 Å². The van der Waals surface area contributed by atoms with Crippen molar-refractivity contribution in [3.8, 4) is 0 Å². The van der Waals surface area contributed by atoms with Gasteiger partial charge in [-0.3, -0.25) is 19.3 Å². The van der Waals surface area contributed by atoms with E-state index in [1.54, 1.807) is 0 Å². The third-order valence-electron chi connectivity index (χ3n) is 4.28. The summed E-state index contributed by atoms with van der Waals surface area (Å²) in [6.07, 6.45) is 5.05. The molecule has 3 amide bonds. The number of carbonyl (C=O) groups excluding carboxylic acids is 3. The molecule has 7 heteroatoms. The summed E-state index contributed by atoms with van der Waals surface area (Å²) in [5.74, 6) is -0.0776. The van der Waals surface area contributed by atoms with Crippen LogP contribution in [0.2, 0.25) is 0 Å². The summed E-state index contributed by atoms with van der Waals surface area (Å²) in [4.78, 5) is 36.0. The maximum absolute atomic E-state index is 11.9. The smallest absolute Gasteiger partial charge is 0.229 e. The van der Waals surface area contributed by atoms with Gasteiger partial charge in [0, 0.05) is 31.8 Å². The Labute approximate surface area is 131 Å². The minimum atomic E-state index is -0.166. The first kappa shape index (κ1) is 17.9. The van der Waals surface area contributed by atoms with Crippen LogP contribution in [0.4, 0.5) is 0 Å². The first-order valence-corrected chi connectivity index (χ1v) is 7.44. The molecule has 0 bridgehead atoms. The summed E-state index contributed by atoms with van der Waals surface area (Å²) in [6, 6.07) is 0.145. The standard InChI is InChI=1S/C14H23N3O3.ClH/c15-9-10-3-1-2-4-11(10)16-12(18)7-8-17-13(19)5-6-14(17)20;/h10-11H,1-9,15H2,(H,16,18);1H. The van der Waals surface area contributed by atoms with Crippen LogP contribution in [0.15, 0.2) is 0 Å². The summed E-state index contributed by atoms with van der Waals surface area (Å²) < 4.78 is 0. The minimum absolute atomic E-state index is 0. The van der Waals surface area contributed by atoms with E-state index in [4.69, 9.17) is 5.73 Å². The van der Waals surface area contributed by atoms with Crippen LogP contribution in [-0.2, 0) is 14.4 Å². The number of rotatable bonds is 5. The van der Waals surface area contributed by atoms with Crippen LogP contribution >= 0.6 is 12.4 Å². The lowest BCUT2D eigenvalue weighted by Gasteiger charge is -2.31. The van der Waals surface area contributed by atoms with Gasteiger partial charge >= 0.3 is 0 Å². The number of nitrogens with two attached hydrogens (primary N) is 1. The van der Waals surface area contributed by atoms with E-state index in [-0.39, 0.29) is 62.0 Å². The number of nitrogens with zero attached hydrogens (tertiary/aromatic N) is 1. The number of carbonyl (C=O) groups is 3. The van der Waals surface area contributed by atoms with E-state index < -0.39 is 0 Å². The summed E-state index contributed by atoms with van der Waals surface area (Å²) >= 11 is 0. The van der Waals surface area contributed by atoms with Crippen LogP contribution in [-0.4, -0.2) is 41.8 Å². The number of amides is 3. The number of halogens is 1. The minimum Gasteiger partial charge on any atom is -0.353 e. The van der Waals surface area contributed by atoms with Crippen LogP contribution < -0.4 is 11.1 Å². The largest absolute Gasteiger partial charge is 0.353 e. The number of hydrogen-bond acceptors (Lipinski definition) is 4. The van der Waals surface area contributed by atoms with Crippen molar-refractivity contribution in [2.75, 3.05) is 13.1 Å². The average molecular weight is 318 g/mol. The Morgan fingerprint density at radius 3 is 2.43 bits per heavy atom. The van der Waals surface area contributed by atoms with Crippen LogP contribution in [0.3, 0.4) is 0 Å². The molecule has 1 saturated carbocycles. The number of imide groups is 1. The SMILES string of the molecule is Cl.NCC1CCCCC1NC(=O)CCN1C(=O)CCC1=O. The molecular weight excluding hydrogens is 294 g/mol. The molecule has 0 aromatic carbocycles. The Morgan fingerprint density at radius 2 is 1.81 bits per heavy atom. The molecule has 1 aliphatic carbocycles. The van der Waals surface area contributed by atoms with Crippen LogP contribution in [0.1, 0.15) is 44.9 Å². The summed E-state index contributed by atoms with van der Waals surface area (Å²) in [7, 11) is 0. The van der Waals surface area contributed by atoms with Gasteiger partial charge in [0.2, 0.25) is 17.7 Å². The highest BCUT2D eigenvalue weighted by Crippen LogP contribution is 2.23. The normalized spacial score (nSPS) is 25.7. The van der Waals surface area contributed by atoms with Gasteiger partial charge in [-0.25, -0.2) is 0 Å². The van der Waals surface area contributed by atoms with Crippen molar-refractivity contribution >= 4 is 30.1 Å². The monoisotopic (exact) mass is 317 g/mol. The van der Waals surface area contributed by atoms with Gasteiger partial charge in [-0.1, -0.05) is 12.8 Å². The molecule has 0 radical (unpaired) electrons. The van der Waals surface area contributed by atoms with Crippen molar-refractivity contribution in [1.29, 1.82) is 0 Å². The lowest BCUT2D eigenvalue weighted by Crippen LogP contribution is -2.45. The Morgan fingerprint density at radius 1 is 1.19 bits per heavy atom. The molecule has 1 heterocycles. The van der Waals surface area contributed by atoms with Gasteiger partial charge < -0.3 is 11.1 Å². The molecule has 21 heavy (non-hydrogen) atoms. The summed E-state index contributed by atoms with van der Waals surface area (Å²) in [5, 5.41) is 3.01. The molecule has 2 atom stereocenters. The van der Waals surface area contributed by atoms with Gasteiger partial charge in [-0.05, 0) is 25.3 Å². The molecule has 2 rings (SSSR count). The molecule has 2 unspecified atom stereocenters. The van der Waals surface area contributed by atoms with Crippen LogP contribution in [0.5, 0.6) is 0 Å².